The fourth-order valence-corrected chi connectivity index (χ4v) is 7.12. The van der Waals surface area contributed by atoms with Crippen molar-refractivity contribution in [3.63, 3.8) is 0 Å². The van der Waals surface area contributed by atoms with Crippen LogP contribution in [0.4, 0.5) is 10.5 Å². The van der Waals surface area contributed by atoms with Gasteiger partial charge in [-0.05, 0) is 54.2 Å². The van der Waals surface area contributed by atoms with Gasteiger partial charge in [0.05, 0.1) is 37.7 Å². The highest BCUT2D eigenvalue weighted by molar-refractivity contribution is 8.18. The molecule has 0 radical (unpaired) electrons. The lowest BCUT2D eigenvalue weighted by molar-refractivity contribution is -0.116. The van der Waals surface area contributed by atoms with Gasteiger partial charge in [-0.25, -0.2) is 8.42 Å². The van der Waals surface area contributed by atoms with Gasteiger partial charge in [-0.2, -0.15) is 4.31 Å². The average molecular weight is 582 g/mol. The number of likely N-dealkylation sites (N-methyl/N-ethyl adjacent to an activating group) is 1. The number of hydrogen-bond acceptors (Lipinski definition) is 7. The first-order chi connectivity index (χ1) is 17.6. The van der Waals surface area contributed by atoms with Crippen molar-refractivity contribution in [3.8, 4) is 0 Å². The van der Waals surface area contributed by atoms with Crippen LogP contribution in [0.5, 0.6) is 0 Å². The number of nitrogens with one attached hydrogen (secondary N) is 1. The number of hydrogen-bond donors (Lipinski definition) is 1. The molecule has 13 heteroatoms. The van der Waals surface area contributed by atoms with E-state index in [9.17, 15) is 22.8 Å². The second-order valence-electron chi connectivity index (χ2n) is 8.70. The summed E-state index contributed by atoms with van der Waals surface area (Å²) in [5.74, 6) is -1.20. The molecule has 2 saturated heterocycles. The lowest BCUT2D eigenvalue weighted by Gasteiger charge is -2.33. The Morgan fingerprint density at radius 3 is 2.32 bits per heavy atom. The highest BCUT2D eigenvalue weighted by Crippen LogP contribution is 2.44. The predicted molar refractivity (Wildman–Crippen MR) is 143 cm³/mol. The number of anilines is 1. The Morgan fingerprint density at radius 2 is 1.70 bits per heavy atom. The van der Waals surface area contributed by atoms with Crippen molar-refractivity contribution in [1.29, 1.82) is 0 Å². The fraction of sp³-hybridized carbons (Fsp3) is 0.292. The van der Waals surface area contributed by atoms with Crippen molar-refractivity contribution < 1.29 is 22.8 Å². The molecule has 194 valence electrons. The topological polar surface area (TPSA) is 107 Å². The van der Waals surface area contributed by atoms with E-state index in [1.54, 1.807) is 24.3 Å². The molecule has 0 saturated carbocycles. The molecule has 0 aromatic heterocycles. The molecule has 0 spiro atoms. The number of fused-ring (bicyclic) bond motifs is 1. The van der Waals surface area contributed by atoms with Crippen LogP contribution in [0.1, 0.15) is 18.1 Å². The van der Waals surface area contributed by atoms with Gasteiger partial charge in [0.15, 0.2) is 0 Å². The highest BCUT2D eigenvalue weighted by atomic mass is 35.5. The number of nitrogens with zero attached hydrogens (tertiary/aromatic N) is 3. The molecule has 0 unspecified atom stereocenters. The lowest BCUT2D eigenvalue weighted by atomic mass is 10.1. The molecule has 0 atom stereocenters. The standard InChI is InChI=1S/C24H22Cl2N4O5S2/c1-2-28-7-9-29(10-8-28)37(34,35)15-4-6-19-16(12-15)20(21-22(31)27-24(33)36-21)23(32)30(19)13-14-3-5-17(25)18(26)11-14/h3-6,11-12H,2,7-10,13H2,1H3,(H,27,31,33)/b21-20+. The molecule has 9 nitrogen and oxygen atoms in total. The zero-order valence-electron chi connectivity index (χ0n) is 19.7. The second kappa shape index (κ2) is 10.0. The van der Waals surface area contributed by atoms with Crippen LogP contribution >= 0.6 is 35.0 Å². The summed E-state index contributed by atoms with van der Waals surface area (Å²) >= 11 is 12.8. The van der Waals surface area contributed by atoms with Crippen molar-refractivity contribution >= 4 is 73.3 Å². The van der Waals surface area contributed by atoms with Gasteiger partial charge >= 0.3 is 0 Å². The quantitative estimate of drug-likeness (QED) is 0.539. The SMILES string of the molecule is CCN1CCN(S(=O)(=O)c2ccc3c(c2)/C(=C2\SC(=O)NC2=O)C(=O)N3Cc2ccc(Cl)c(Cl)c2)CC1. The summed E-state index contributed by atoms with van der Waals surface area (Å²) in [7, 11) is -3.84. The summed E-state index contributed by atoms with van der Waals surface area (Å²) < 4.78 is 28.4. The van der Waals surface area contributed by atoms with Crippen LogP contribution in [-0.4, -0.2) is 67.4 Å². The first-order valence-corrected chi connectivity index (χ1v) is 14.5. The van der Waals surface area contributed by atoms with Crippen LogP contribution in [0.25, 0.3) is 5.57 Å². The molecule has 3 aliphatic rings. The van der Waals surface area contributed by atoms with E-state index in [-0.39, 0.29) is 27.5 Å². The van der Waals surface area contributed by atoms with Gasteiger partial charge in [0.25, 0.3) is 17.1 Å². The minimum atomic E-state index is -3.84. The third-order valence-electron chi connectivity index (χ3n) is 6.57. The largest absolute Gasteiger partial charge is 0.303 e. The first-order valence-electron chi connectivity index (χ1n) is 11.5. The van der Waals surface area contributed by atoms with Crippen molar-refractivity contribution in [2.75, 3.05) is 37.6 Å². The molecular weight excluding hydrogens is 559 g/mol. The smallest absolute Gasteiger partial charge is 0.290 e. The fourth-order valence-electron chi connectivity index (χ4n) is 4.58. The summed E-state index contributed by atoms with van der Waals surface area (Å²) in [5, 5.41) is 2.27. The number of carbonyl (C=O) groups excluding carboxylic acids is 3. The zero-order chi connectivity index (χ0) is 26.5. The van der Waals surface area contributed by atoms with Crippen LogP contribution in [0.3, 0.4) is 0 Å². The van der Waals surface area contributed by atoms with Crippen molar-refractivity contribution in [1.82, 2.24) is 14.5 Å². The number of imide groups is 1. The number of piperazine rings is 1. The summed E-state index contributed by atoms with van der Waals surface area (Å²) in [6.45, 7) is 4.95. The molecule has 2 aromatic carbocycles. The van der Waals surface area contributed by atoms with Crippen LogP contribution < -0.4 is 10.2 Å². The Labute approximate surface area is 228 Å². The number of amides is 3. The Balaban J connectivity index is 1.57. The van der Waals surface area contributed by atoms with E-state index in [4.69, 9.17) is 23.2 Å². The Bertz CT molecular complexity index is 1470. The molecular formula is C24H22Cl2N4O5S2. The molecule has 3 aliphatic heterocycles. The first kappa shape index (κ1) is 26.2. The van der Waals surface area contributed by atoms with E-state index in [2.05, 4.69) is 10.2 Å². The van der Waals surface area contributed by atoms with Gasteiger partial charge in [0, 0.05) is 31.7 Å². The number of carbonyl (C=O) groups is 3. The third-order valence-corrected chi connectivity index (χ3v) is 10.1. The molecule has 1 N–H and O–H groups in total. The van der Waals surface area contributed by atoms with E-state index in [1.807, 2.05) is 6.92 Å². The monoisotopic (exact) mass is 580 g/mol. The predicted octanol–water partition coefficient (Wildman–Crippen LogP) is 3.56. The molecule has 37 heavy (non-hydrogen) atoms. The molecule has 2 fully saturated rings. The number of halogens is 2. The van der Waals surface area contributed by atoms with Crippen LogP contribution in [0.2, 0.25) is 10.0 Å². The minimum absolute atomic E-state index is 0.00346. The summed E-state index contributed by atoms with van der Waals surface area (Å²) in [6, 6.07) is 9.43. The minimum Gasteiger partial charge on any atom is -0.303 e. The second-order valence-corrected chi connectivity index (χ2v) is 12.4. The van der Waals surface area contributed by atoms with Gasteiger partial charge < -0.3 is 9.80 Å². The maximum absolute atomic E-state index is 13.6. The Hall–Kier alpha value is -2.41. The highest BCUT2D eigenvalue weighted by Gasteiger charge is 2.41. The van der Waals surface area contributed by atoms with E-state index < -0.39 is 27.1 Å². The molecule has 3 heterocycles. The van der Waals surface area contributed by atoms with Gasteiger partial charge in [0.2, 0.25) is 10.0 Å². The van der Waals surface area contributed by atoms with E-state index >= 15 is 0 Å². The van der Waals surface area contributed by atoms with Gasteiger partial charge in [0.1, 0.15) is 0 Å². The maximum Gasteiger partial charge on any atom is 0.290 e. The number of thioether (sulfide) groups is 1. The van der Waals surface area contributed by atoms with Crippen molar-refractivity contribution in [2.45, 2.75) is 18.4 Å². The molecule has 5 rings (SSSR count). The van der Waals surface area contributed by atoms with E-state index in [1.165, 1.54) is 21.3 Å². The van der Waals surface area contributed by atoms with Gasteiger partial charge in [-0.1, -0.05) is 36.2 Å². The Kier molecular flexibility index (Phi) is 7.12. The van der Waals surface area contributed by atoms with Crippen LogP contribution in [0, 0.1) is 0 Å². The van der Waals surface area contributed by atoms with Crippen molar-refractivity contribution in [2.24, 2.45) is 0 Å². The summed E-state index contributed by atoms with van der Waals surface area (Å²) in [6.07, 6.45) is 0. The normalized spacial score (nSPS) is 21.1. The summed E-state index contributed by atoms with van der Waals surface area (Å²) in [5.41, 5.74) is 1.40. The van der Waals surface area contributed by atoms with Gasteiger partial charge in [-0.3, -0.25) is 19.7 Å². The number of rotatable bonds is 5. The van der Waals surface area contributed by atoms with E-state index in [0.717, 1.165) is 6.54 Å². The molecule has 2 aromatic rings. The summed E-state index contributed by atoms with van der Waals surface area (Å²) in [4.78, 5) is 41.6. The average Bonchev–Trinajstić information content (AvgIpc) is 3.35. The molecule has 0 aliphatic carbocycles. The van der Waals surface area contributed by atoms with E-state index in [0.29, 0.717) is 59.2 Å². The molecule has 3 amide bonds. The number of benzene rings is 2. The lowest BCUT2D eigenvalue weighted by Crippen LogP contribution is -2.48. The third kappa shape index (κ3) is 4.80. The molecule has 0 bridgehead atoms. The van der Waals surface area contributed by atoms with Crippen LogP contribution in [0.15, 0.2) is 46.2 Å². The zero-order valence-corrected chi connectivity index (χ0v) is 22.8. The van der Waals surface area contributed by atoms with Gasteiger partial charge in [-0.15, -0.1) is 0 Å². The maximum atomic E-state index is 13.6. The van der Waals surface area contributed by atoms with Crippen molar-refractivity contribution in [3.05, 3.63) is 62.5 Å². The number of sulfonamides is 1. The van der Waals surface area contributed by atoms with Crippen LogP contribution in [-0.2, 0) is 26.2 Å². The Morgan fingerprint density at radius 1 is 0.973 bits per heavy atom.